The SMILES string of the molecule is COC(=O)c1ccccc1NC(=O)c1ccc(N2C(=O)c3cccnc3C2=O)cc1. The number of imide groups is 1. The second-order valence-corrected chi connectivity index (χ2v) is 6.38. The molecule has 2 heterocycles. The predicted octanol–water partition coefficient (Wildman–Crippen LogP) is 2.92. The normalized spacial score (nSPS) is 12.5. The zero-order chi connectivity index (χ0) is 21.3. The lowest BCUT2D eigenvalue weighted by Gasteiger charge is -2.14. The summed E-state index contributed by atoms with van der Waals surface area (Å²) in [5.41, 5.74) is 1.49. The van der Waals surface area contributed by atoms with Crippen LogP contribution < -0.4 is 10.2 Å². The summed E-state index contributed by atoms with van der Waals surface area (Å²) < 4.78 is 4.72. The Kier molecular flexibility index (Phi) is 4.81. The first-order chi connectivity index (χ1) is 14.5. The van der Waals surface area contributed by atoms with Gasteiger partial charge in [0.2, 0.25) is 0 Å². The lowest BCUT2D eigenvalue weighted by molar-refractivity contribution is 0.0601. The number of carbonyl (C=O) groups excluding carboxylic acids is 4. The van der Waals surface area contributed by atoms with Crippen LogP contribution in [0, 0.1) is 0 Å². The molecule has 0 saturated carbocycles. The molecule has 0 radical (unpaired) electrons. The van der Waals surface area contributed by atoms with Crippen LogP contribution in [0.5, 0.6) is 0 Å². The van der Waals surface area contributed by atoms with Crippen LogP contribution in [0.25, 0.3) is 0 Å². The second-order valence-electron chi connectivity index (χ2n) is 6.38. The van der Waals surface area contributed by atoms with E-state index in [2.05, 4.69) is 10.3 Å². The summed E-state index contributed by atoms with van der Waals surface area (Å²) in [6.45, 7) is 0. The first kappa shape index (κ1) is 19.0. The Morgan fingerprint density at radius 1 is 0.933 bits per heavy atom. The molecule has 1 N–H and O–H groups in total. The summed E-state index contributed by atoms with van der Waals surface area (Å²) in [5, 5.41) is 2.67. The number of anilines is 2. The third-order valence-electron chi connectivity index (χ3n) is 4.62. The van der Waals surface area contributed by atoms with Gasteiger partial charge in [0.15, 0.2) is 0 Å². The molecule has 8 heteroatoms. The first-order valence-electron chi connectivity index (χ1n) is 8.94. The maximum Gasteiger partial charge on any atom is 0.339 e. The largest absolute Gasteiger partial charge is 0.465 e. The maximum absolute atomic E-state index is 12.6. The number of benzene rings is 2. The molecule has 3 amide bonds. The number of pyridine rings is 1. The van der Waals surface area contributed by atoms with Gasteiger partial charge in [-0.25, -0.2) is 9.69 Å². The van der Waals surface area contributed by atoms with Crippen molar-refractivity contribution in [3.05, 3.63) is 89.2 Å². The molecule has 0 saturated heterocycles. The number of hydrogen-bond acceptors (Lipinski definition) is 6. The smallest absolute Gasteiger partial charge is 0.339 e. The molecule has 0 spiro atoms. The fraction of sp³-hybridized carbons (Fsp3) is 0.0455. The number of nitrogens with zero attached hydrogens (tertiary/aromatic N) is 2. The topological polar surface area (TPSA) is 106 Å². The highest BCUT2D eigenvalue weighted by Crippen LogP contribution is 2.27. The summed E-state index contributed by atoms with van der Waals surface area (Å²) in [6.07, 6.45) is 1.45. The zero-order valence-corrected chi connectivity index (χ0v) is 15.8. The van der Waals surface area contributed by atoms with Crippen molar-refractivity contribution in [3.63, 3.8) is 0 Å². The van der Waals surface area contributed by atoms with Crippen molar-refractivity contribution in [1.82, 2.24) is 4.98 Å². The number of methoxy groups -OCH3 is 1. The van der Waals surface area contributed by atoms with Crippen LogP contribution in [-0.4, -0.2) is 35.8 Å². The standard InChI is InChI=1S/C22H15N3O5/c1-30-22(29)15-5-2-3-7-17(15)24-19(26)13-8-10-14(11-9-13)25-20(27)16-6-4-12-23-18(16)21(25)28/h2-12H,1H3,(H,24,26). The van der Waals surface area contributed by atoms with E-state index < -0.39 is 23.7 Å². The molecular formula is C22H15N3O5. The minimum Gasteiger partial charge on any atom is -0.465 e. The molecule has 0 fully saturated rings. The molecule has 4 rings (SSSR count). The predicted molar refractivity (Wildman–Crippen MR) is 108 cm³/mol. The Bertz CT molecular complexity index is 1150. The summed E-state index contributed by atoms with van der Waals surface area (Å²) in [4.78, 5) is 54.5. The molecule has 8 nitrogen and oxygen atoms in total. The quantitative estimate of drug-likeness (QED) is 0.532. The average Bonchev–Trinajstić information content (AvgIpc) is 3.04. The summed E-state index contributed by atoms with van der Waals surface area (Å²) >= 11 is 0. The van der Waals surface area contributed by atoms with Gasteiger partial charge < -0.3 is 10.1 Å². The Morgan fingerprint density at radius 2 is 1.67 bits per heavy atom. The van der Waals surface area contributed by atoms with E-state index in [9.17, 15) is 19.2 Å². The number of hydrogen-bond donors (Lipinski definition) is 1. The van der Waals surface area contributed by atoms with Gasteiger partial charge in [0.25, 0.3) is 17.7 Å². The molecule has 0 aliphatic carbocycles. The number of ether oxygens (including phenoxy) is 1. The van der Waals surface area contributed by atoms with E-state index in [-0.39, 0.29) is 22.4 Å². The zero-order valence-electron chi connectivity index (χ0n) is 15.8. The molecular weight excluding hydrogens is 386 g/mol. The number of rotatable bonds is 4. The van der Waals surface area contributed by atoms with Crippen LogP contribution in [0.2, 0.25) is 0 Å². The van der Waals surface area contributed by atoms with E-state index in [4.69, 9.17) is 4.74 Å². The molecule has 1 aromatic heterocycles. The van der Waals surface area contributed by atoms with Gasteiger partial charge in [-0.05, 0) is 48.5 Å². The Hall–Kier alpha value is -4.33. The van der Waals surface area contributed by atoms with Crippen LogP contribution in [-0.2, 0) is 4.74 Å². The number of esters is 1. The summed E-state index contributed by atoms with van der Waals surface area (Å²) in [5.74, 6) is -2.01. The summed E-state index contributed by atoms with van der Waals surface area (Å²) in [6, 6.07) is 15.6. The van der Waals surface area contributed by atoms with Crippen molar-refractivity contribution in [1.29, 1.82) is 0 Å². The van der Waals surface area contributed by atoms with E-state index in [1.807, 2.05) is 0 Å². The highest BCUT2D eigenvalue weighted by Gasteiger charge is 2.37. The minimum absolute atomic E-state index is 0.101. The van der Waals surface area contributed by atoms with Gasteiger partial charge in [-0.15, -0.1) is 0 Å². The fourth-order valence-electron chi connectivity index (χ4n) is 3.14. The van der Waals surface area contributed by atoms with Crippen molar-refractivity contribution in [2.24, 2.45) is 0 Å². The monoisotopic (exact) mass is 401 g/mol. The van der Waals surface area contributed by atoms with Gasteiger partial charge in [0, 0.05) is 11.8 Å². The van der Waals surface area contributed by atoms with Gasteiger partial charge >= 0.3 is 5.97 Å². The number of aromatic nitrogens is 1. The molecule has 148 valence electrons. The van der Waals surface area contributed by atoms with Crippen molar-refractivity contribution in [2.75, 3.05) is 17.3 Å². The number of nitrogens with one attached hydrogen (secondary N) is 1. The Labute approximate surface area is 171 Å². The first-order valence-corrected chi connectivity index (χ1v) is 8.94. The van der Waals surface area contributed by atoms with Gasteiger partial charge in [-0.1, -0.05) is 12.1 Å². The lowest BCUT2D eigenvalue weighted by Crippen LogP contribution is -2.29. The highest BCUT2D eigenvalue weighted by molar-refractivity contribution is 6.33. The molecule has 30 heavy (non-hydrogen) atoms. The molecule has 0 unspecified atom stereocenters. The number of amides is 3. The van der Waals surface area contributed by atoms with Gasteiger partial charge in [-0.2, -0.15) is 0 Å². The maximum atomic E-state index is 12.6. The van der Waals surface area contributed by atoms with Crippen LogP contribution in [0.1, 0.15) is 41.6 Å². The van der Waals surface area contributed by atoms with Crippen LogP contribution in [0.4, 0.5) is 11.4 Å². The summed E-state index contributed by atoms with van der Waals surface area (Å²) in [7, 11) is 1.26. The molecule has 3 aromatic rings. The fourth-order valence-corrected chi connectivity index (χ4v) is 3.14. The van der Waals surface area contributed by atoms with E-state index in [0.717, 1.165) is 4.90 Å². The Morgan fingerprint density at radius 3 is 2.37 bits per heavy atom. The third kappa shape index (κ3) is 3.20. The van der Waals surface area contributed by atoms with E-state index in [1.165, 1.54) is 37.6 Å². The van der Waals surface area contributed by atoms with Crippen molar-refractivity contribution in [2.45, 2.75) is 0 Å². The third-order valence-corrected chi connectivity index (χ3v) is 4.62. The van der Waals surface area contributed by atoms with Gasteiger partial charge in [0.1, 0.15) is 5.69 Å². The number of carbonyl (C=O) groups is 4. The van der Waals surface area contributed by atoms with Crippen molar-refractivity contribution < 1.29 is 23.9 Å². The molecule has 1 aliphatic rings. The van der Waals surface area contributed by atoms with E-state index >= 15 is 0 Å². The number of para-hydroxylation sites is 1. The lowest BCUT2D eigenvalue weighted by atomic mass is 10.1. The van der Waals surface area contributed by atoms with Gasteiger partial charge in [0.05, 0.1) is 29.6 Å². The number of fused-ring (bicyclic) bond motifs is 1. The van der Waals surface area contributed by atoms with Crippen LogP contribution in [0.3, 0.4) is 0 Å². The van der Waals surface area contributed by atoms with Crippen molar-refractivity contribution >= 4 is 35.1 Å². The van der Waals surface area contributed by atoms with Crippen LogP contribution in [0.15, 0.2) is 66.9 Å². The average molecular weight is 401 g/mol. The van der Waals surface area contributed by atoms with Crippen molar-refractivity contribution in [3.8, 4) is 0 Å². The van der Waals surface area contributed by atoms with Crippen LogP contribution >= 0.6 is 0 Å². The molecule has 0 atom stereocenters. The second kappa shape index (κ2) is 7.59. The molecule has 1 aliphatic heterocycles. The minimum atomic E-state index is -0.569. The molecule has 0 bridgehead atoms. The highest BCUT2D eigenvalue weighted by atomic mass is 16.5. The van der Waals surface area contributed by atoms with Gasteiger partial charge in [-0.3, -0.25) is 19.4 Å². The Balaban J connectivity index is 1.55. The van der Waals surface area contributed by atoms with E-state index in [0.29, 0.717) is 11.4 Å². The molecule has 2 aromatic carbocycles. The van der Waals surface area contributed by atoms with E-state index in [1.54, 1.807) is 36.4 Å².